The fraction of sp³-hybridized carbons (Fsp3) is 0.312. The molecule has 1 atom stereocenters. The number of hydrogen-bond donors (Lipinski definition) is 1. The highest BCUT2D eigenvalue weighted by Crippen LogP contribution is 2.26. The first kappa shape index (κ1) is 13.1. The van der Waals surface area contributed by atoms with Crippen molar-refractivity contribution in [1.29, 1.82) is 0 Å². The van der Waals surface area contributed by atoms with Crippen LogP contribution in [-0.4, -0.2) is 11.6 Å². The van der Waals surface area contributed by atoms with E-state index in [0.717, 1.165) is 24.3 Å². The van der Waals surface area contributed by atoms with E-state index in [4.69, 9.17) is 4.74 Å². The first-order valence-electron chi connectivity index (χ1n) is 6.82. The summed E-state index contributed by atoms with van der Waals surface area (Å²) in [5.74, 6) is 0.700. The van der Waals surface area contributed by atoms with Gasteiger partial charge in [0.25, 0.3) is 0 Å². The molecule has 1 N–H and O–H groups in total. The number of rotatable bonds is 4. The smallest absolute Gasteiger partial charge is 0.146 e. The van der Waals surface area contributed by atoms with Crippen LogP contribution in [0.5, 0.6) is 5.75 Å². The molecule has 104 valence electrons. The van der Waals surface area contributed by atoms with E-state index >= 15 is 0 Å². The summed E-state index contributed by atoms with van der Waals surface area (Å²) < 4.78 is 19.2. The molecule has 1 aromatic carbocycles. The van der Waals surface area contributed by atoms with Crippen molar-refractivity contribution >= 4 is 0 Å². The third kappa shape index (κ3) is 2.65. The first-order valence-corrected chi connectivity index (χ1v) is 6.82. The second-order valence-corrected chi connectivity index (χ2v) is 5.01. The number of fused-ring (bicyclic) bond motifs is 1. The first-order chi connectivity index (χ1) is 9.74. The molecule has 4 heteroatoms. The molecule has 0 radical (unpaired) electrons. The lowest BCUT2D eigenvalue weighted by molar-refractivity contribution is 0.356. The molecule has 2 aromatic rings. The summed E-state index contributed by atoms with van der Waals surface area (Å²) in [7, 11) is 0. The van der Waals surface area contributed by atoms with Gasteiger partial charge in [0, 0.05) is 25.2 Å². The highest BCUT2D eigenvalue weighted by Gasteiger charge is 2.14. The Morgan fingerprint density at radius 3 is 3.15 bits per heavy atom. The van der Waals surface area contributed by atoms with Crippen molar-refractivity contribution in [1.82, 2.24) is 10.3 Å². The molecule has 20 heavy (non-hydrogen) atoms. The molecule has 0 amide bonds. The molecule has 3 nitrogen and oxygen atoms in total. The summed E-state index contributed by atoms with van der Waals surface area (Å²) in [5, 5.41) is 3.29. The van der Waals surface area contributed by atoms with Crippen molar-refractivity contribution in [2.75, 3.05) is 6.61 Å². The number of nitrogens with one attached hydrogen (secondary N) is 1. The fourth-order valence-corrected chi connectivity index (χ4v) is 2.40. The van der Waals surface area contributed by atoms with Crippen LogP contribution in [0.25, 0.3) is 0 Å². The highest BCUT2D eigenvalue weighted by atomic mass is 19.1. The van der Waals surface area contributed by atoms with Gasteiger partial charge in [0.05, 0.1) is 12.3 Å². The van der Waals surface area contributed by atoms with Crippen molar-refractivity contribution in [2.45, 2.75) is 25.9 Å². The van der Waals surface area contributed by atoms with Crippen LogP contribution < -0.4 is 10.1 Å². The van der Waals surface area contributed by atoms with E-state index < -0.39 is 0 Å². The van der Waals surface area contributed by atoms with Gasteiger partial charge in [-0.1, -0.05) is 12.1 Å². The maximum atomic E-state index is 13.6. The molecule has 0 saturated carbocycles. The molecule has 1 aliphatic rings. The number of benzene rings is 1. The third-order valence-electron chi connectivity index (χ3n) is 3.57. The molecular formula is C16H17FN2O. The lowest BCUT2D eigenvalue weighted by atomic mass is 10.1. The van der Waals surface area contributed by atoms with Crippen LogP contribution in [0.4, 0.5) is 4.39 Å². The predicted molar refractivity (Wildman–Crippen MR) is 75.1 cm³/mol. The molecule has 0 aliphatic carbocycles. The van der Waals surface area contributed by atoms with E-state index in [2.05, 4.69) is 28.5 Å². The van der Waals surface area contributed by atoms with E-state index in [-0.39, 0.29) is 11.9 Å². The van der Waals surface area contributed by atoms with Crippen LogP contribution >= 0.6 is 0 Å². The van der Waals surface area contributed by atoms with Crippen LogP contribution in [0, 0.1) is 5.82 Å². The summed E-state index contributed by atoms with van der Waals surface area (Å²) in [4.78, 5) is 4.09. The van der Waals surface area contributed by atoms with Crippen LogP contribution in [0.1, 0.15) is 29.8 Å². The maximum Gasteiger partial charge on any atom is 0.146 e. The lowest BCUT2D eigenvalue weighted by Gasteiger charge is -2.14. The number of nitrogens with zero attached hydrogens (tertiary/aromatic N) is 1. The average Bonchev–Trinajstić information content (AvgIpc) is 2.92. The Morgan fingerprint density at radius 1 is 1.40 bits per heavy atom. The number of pyridine rings is 1. The molecule has 0 fully saturated rings. The zero-order valence-electron chi connectivity index (χ0n) is 11.4. The standard InChI is InChI=1S/C16H17FN2O/c1-11(16-14(17)3-2-7-18-16)19-10-12-4-5-13-6-8-20-15(13)9-12/h2-5,7,9,11,19H,6,8,10H2,1H3. The highest BCUT2D eigenvalue weighted by molar-refractivity contribution is 5.40. The number of ether oxygens (including phenoxy) is 1. The van der Waals surface area contributed by atoms with E-state index in [1.54, 1.807) is 12.3 Å². The fourth-order valence-electron chi connectivity index (χ4n) is 2.40. The topological polar surface area (TPSA) is 34.1 Å². The molecule has 0 spiro atoms. The molecule has 2 heterocycles. The summed E-state index contributed by atoms with van der Waals surface area (Å²) in [5.41, 5.74) is 2.84. The second kappa shape index (κ2) is 5.59. The summed E-state index contributed by atoms with van der Waals surface area (Å²) in [6.45, 7) is 3.34. The van der Waals surface area contributed by atoms with Crippen molar-refractivity contribution < 1.29 is 9.13 Å². The van der Waals surface area contributed by atoms with Crippen molar-refractivity contribution in [2.24, 2.45) is 0 Å². The number of hydrogen-bond acceptors (Lipinski definition) is 3. The van der Waals surface area contributed by atoms with Gasteiger partial charge in [0.15, 0.2) is 0 Å². The van der Waals surface area contributed by atoms with Gasteiger partial charge in [-0.05, 0) is 36.2 Å². The Kier molecular flexibility index (Phi) is 3.65. The zero-order valence-corrected chi connectivity index (χ0v) is 11.4. The predicted octanol–water partition coefficient (Wildman–Crippen LogP) is 3.01. The van der Waals surface area contributed by atoms with Crippen LogP contribution in [0.15, 0.2) is 36.5 Å². The number of aromatic nitrogens is 1. The normalized spacial score (nSPS) is 14.7. The van der Waals surface area contributed by atoms with Gasteiger partial charge in [0.2, 0.25) is 0 Å². The second-order valence-electron chi connectivity index (χ2n) is 5.01. The third-order valence-corrected chi connectivity index (χ3v) is 3.57. The SMILES string of the molecule is CC(NCc1ccc2c(c1)OCC2)c1ncccc1F. The Labute approximate surface area is 117 Å². The lowest BCUT2D eigenvalue weighted by Crippen LogP contribution is -2.20. The van der Waals surface area contributed by atoms with Crippen LogP contribution in [0.3, 0.4) is 0 Å². The minimum Gasteiger partial charge on any atom is -0.493 e. The van der Waals surface area contributed by atoms with E-state index in [9.17, 15) is 4.39 Å². The molecule has 0 bridgehead atoms. The van der Waals surface area contributed by atoms with Gasteiger partial charge in [-0.2, -0.15) is 0 Å². The Bertz CT molecular complexity index is 615. The molecule has 0 saturated heterocycles. The molecule has 1 unspecified atom stereocenters. The molecule has 3 rings (SSSR count). The zero-order chi connectivity index (χ0) is 13.9. The van der Waals surface area contributed by atoms with Crippen LogP contribution in [-0.2, 0) is 13.0 Å². The Hall–Kier alpha value is -1.94. The Balaban J connectivity index is 1.66. The average molecular weight is 272 g/mol. The minimum atomic E-state index is -0.273. The number of halogens is 1. The molecule has 1 aliphatic heterocycles. The van der Waals surface area contributed by atoms with Gasteiger partial charge >= 0.3 is 0 Å². The van der Waals surface area contributed by atoms with Gasteiger partial charge in [-0.15, -0.1) is 0 Å². The Morgan fingerprint density at radius 2 is 2.30 bits per heavy atom. The van der Waals surface area contributed by atoms with Gasteiger partial charge in [-0.25, -0.2) is 4.39 Å². The maximum absolute atomic E-state index is 13.6. The van der Waals surface area contributed by atoms with Gasteiger partial charge in [-0.3, -0.25) is 4.98 Å². The summed E-state index contributed by atoms with van der Waals surface area (Å²) in [6, 6.07) is 9.14. The van der Waals surface area contributed by atoms with Gasteiger partial charge < -0.3 is 10.1 Å². The van der Waals surface area contributed by atoms with E-state index in [1.165, 1.54) is 11.6 Å². The monoisotopic (exact) mass is 272 g/mol. The molecule has 1 aromatic heterocycles. The summed E-state index contributed by atoms with van der Waals surface area (Å²) in [6.07, 6.45) is 2.60. The van der Waals surface area contributed by atoms with Crippen LogP contribution in [0.2, 0.25) is 0 Å². The van der Waals surface area contributed by atoms with Crippen molar-refractivity contribution in [3.63, 3.8) is 0 Å². The quantitative estimate of drug-likeness (QED) is 0.929. The minimum absolute atomic E-state index is 0.134. The summed E-state index contributed by atoms with van der Waals surface area (Å²) >= 11 is 0. The molecular weight excluding hydrogens is 255 g/mol. The van der Waals surface area contributed by atoms with Crippen molar-refractivity contribution in [3.05, 3.63) is 59.2 Å². The van der Waals surface area contributed by atoms with E-state index in [1.807, 2.05) is 6.92 Å². The largest absolute Gasteiger partial charge is 0.493 e. The van der Waals surface area contributed by atoms with E-state index in [0.29, 0.717) is 12.2 Å². The van der Waals surface area contributed by atoms with Gasteiger partial charge in [0.1, 0.15) is 11.6 Å². The van der Waals surface area contributed by atoms with Crippen molar-refractivity contribution in [3.8, 4) is 5.75 Å².